The first-order valence-electron chi connectivity index (χ1n) is 14.2. The average molecular weight is 562 g/mol. The standard InChI is InChI=1S/C29H36FN9O2/c1-19-8-14-40-29-23(17-33-37(29)3)28-31-10-5-26(35-28)34-27-15-25(41-19)22(16-32-27)24-18-39(36-20(24)2)21-6-12-38(13-7-21)11-4-9-30/h5,10,15-19,21H,4,6-9,11-14H2,1-3H3,(H,31,32,34,35)/t19-/m0/s1. The van der Waals surface area contributed by atoms with Gasteiger partial charge < -0.3 is 19.7 Å². The molecule has 6 rings (SSSR count). The highest BCUT2D eigenvalue weighted by Crippen LogP contribution is 2.36. The molecule has 2 aliphatic heterocycles. The summed E-state index contributed by atoms with van der Waals surface area (Å²) < 4.78 is 29.0. The first kappa shape index (κ1) is 27.1. The zero-order chi connectivity index (χ0) is 28.3. The highest BCUT2D eigenvalue weighted by Gasteiger charge is 2.24. The number of aromatic nitrogens is 7. The van der Waals surface area contributed by atoms with Gasteiger partial charge >= 0.3 is 0 Å². The van der Waals surface area contributed by atoms with Gasteiger partial charge in [-0.05, 0) is 39.2 Å². The van der Waals surface area contributed by atoms with Gasteiger partial charge in [0.1, 0.15) is 22.9 Å². The maximum Gasteiger partial charge on any atom is 0.222 e. The minimum Gasteiger partial charge on any atom is -0.490 e. The summed E-state index contributed by atoms with van der Waals surface area (Å²) >= 11 is 0. The third-order valence-corrected chi connectivity index (χ3v) is 7.74. The molecule has 0 saturated carbocycles. The third kappa shape index (κ3) is 5.88. The molecule has 1 N–H and O–H groups in total. The predicted octanol–water partition coefficient (Wildman–Crippen LogP) is 4.73. The molecule has 1 saturated heterocycles. The molecule has 4 bridgehead atoms. The minimum atomic E-state index is -0.258. The fraction of sp³-hybridized carbons (Fsp3) is 0.483. The van der Waals surface area contributed by atoms with Crippen LogP contribution in [-0.2, 0) is 7.05 Å². The number of alkyl halides is 1. The van der Waals surface area contributed by atoms with Crippen LogP contribution in [-0.4, -0.2) is 78.4 Å². The molecule has 4 aromatic rings. The van der Waals surface area contributed by atoms with Crippen molar-refractivity contribution < 1.29 is 13.9 Å². The SMILES string of the molecule is Cc1nn(C2CCN(CCCF)CC2)cc1-c1cnc2cc1O[C@@H](C)CCOc1c(cnn1C)-c1nccc(n1)N2. The van der Waals surface area contributed by atoms with Crippen molar-refractivity contribution in [2.45, 2.75) is 51.7 Å². The van der Waals surface area contributed by atoms with Crippen LogP contribution in [0.5, 0.6) is 11.6 Å². The van der Waals surface area contributed by atoms with E-state index in [0.717, 1.165) is 54.9 Å². The van der Waals surface area contributed by atoms with Crippen LogP contribution in [0, 0.1) is 6.92 Å². The normalized spacial score (nSPS) is 18.1. The zero-order valence-corrected chi connectivity index (χ0v) is 23.8. The summed E-state index contributed by atoms with van der Waals surface area (Å²) in [6, 6.07) is 4.02. The van der Waals surface area contributed by atoms with E-state index in [4.69, 9.17) is 19.6 Å². The molecule has 12 heteroatoms. The van der Waals surface area contributed by atoms with Gasteiger partial charge in [0.15, 0.2) is 5.82 Å². The fourth-order valence-corrected chi connectivity index (χ4v) is 5.47. The van der Waals surface area contributed by atoms with E-state index in [9.17, 15) is 4.39 Å². The Morgan fingerprint density at radius 3 is 2.76 bits per heavy atom. The molecule has 0 spiro atoms. The second kappa shape index (κ2) is 11.8. The Labute approximate surface area is 238 Å². The number of hydrogen-bond donors (Lipinski definition) is 1. The van der Waals surface area contributed by atoms with Gasteiger partial charge in [0.05, 0.1) is 37.3 Å². The number of aryl methyl sites for hydroxylation is 2. The Hall–Kier alpha value is -4.06. The van der Waals surface area contributed by atoms with Crippen LogP contribution in [0.25, 0.3) is 22.5 Å². The van der Waals surface area contributed by atoms with Gasteiger partial charge in [0, 0.05) is 68.9 Å². The maximum atomic E-state index is 12.6. The Morgan fingerprint density at radius 2 is 1.93 bits per heavy atom. The third-order valence-electron chi connectivity index (χ3n) is 7.74. The first-order valence-corrected chi connectivity index (χ1v) is 14.2. The lowest BCUT2D eigenvalue weighted by Gasteiger charge is -2.31. The first-order chi connectivity index (χ1) is 20.0. The average Bonchev–Trinajstić information content (AvgIpc) is 3.54. The number of ether oxygens (including phenoxy) is 2. The van der Waals surface area contributed by atoms with E-state index in [0.29, 0.717) is 54.6 Å². The second-order valence-corrected chi connectivity index (χ2v) is 10.7. The van der Waals surface area contributed by atoms with Crippen molar-refractivity contribution in [1.29, 1.82) is 0 Å². The molecular weight excluding hydrogens is 525 g/mol. The Kier molecular flexibility index (Phi) is 7.82. The van der Waals surface area contributed by atoms with Gasteiger partial charge in [0.25, 0.3) is 0 Å². The number of pyridine rings is 1. The maximum absolute atomic E-state index is 12.6. The number of likely N-dealkylation sites (tertiary alicyclic amines) is 1. The number of nitrogens with one attached hydrogen (secondary N) is 1. The van der Waals surface area contributed by atoms with E-state index in [1.165, 1.54) is 0 Å². The Bertz CT molecular complexity index is 1500. The van der Waals surface area contributed by atoms with Crippen molar-refractivity contribution in [2.24, 2.45) is 7.05 Å². The molecule has 41 heavy (non-hydrogen) atoms. The molecule has 0 radical (unpaired) electrons. The largest absolute Gasteiger partial charge is 0.490 e. The van der Waals surface area contributed by atoms with Gasteiger partial charge in [-0.2, -0.15) is 10.2 Å². The molecule has 0 aromatic carbocycles. The molecule has 0 aliphatic carbocycles. The molecule has 216 valence electrons. The van der Waals surface area contributed by atoms with Crippen LogP contribution in [0.1, 0.15) is 44.3 Å². The van der Waals surface area contributed by atoms with Crippen LogP contribution < -0.4 is 14.8 Å². The summed E-state index contributed by atoms with van der Waals surface area (Å²) in [4.78, 5) is 16.2. The lowest BCUT2D eigenvalue weighted by Crippen LogP contribution is -2.35. The van der Waals surface area contributed by atoms with Crippen LogP contribution in [0.3, 0.4) is 0 Å². The van der Waals surface area contributed by atoms with Gasteiger partial charge in [-0.1, -0.05) is 0 Å². The van der Waals surface area contributed by atoms with E-state index in [2.05, 4.69) is 36.2 Å². The summed E-state index contributed by atoms with van der Waals surface area (Å²) in [5.41, 5.74) is 3.53. The highest BCUT2D eigenvalue weighted by atomic mass is 19.1. The van der Waals surface area contributed by atoms with E-state index < -0.39 is 0 Å². The summed E-state index contributed by atoms with van der Waals surface area (Å²) in [6.45, 7) is 6.98. The van der Waals surface area contributed by atoms with Gasteiger partial charge in [0.2, 0.25) is 5.88 Å². The molecule has 6 heterocycles. The molecule has 2 aliphatic rings. The topological polar surface area (TPSA) is 108 Å². The van der Waals surface area contributed by atoms with Crippen LogP contribution in [0.2, 0.25) is 0 Å². The summed E-state index contributed by atoms with van der Waals surface area (Å²) in [5, 5.41) is 12.5. The van der Waals surface area contributed by atoms with E-state index in [-0.39, 0.29) is 12.8 Å². The van der Waals surface area contributed by atoms with Crippen molar-refractivity contribution in [3.63, 3.8) is 0 Å². The quantitative estimate of drug-likeness (QED) is 0.370. The molecule has 1 atom stereocenters. The number of nitrogens with zero attached hydrogens (tertiary/aromatic N) is 8. The Morgan fingerprint density at radius 1 is 1.07 bits per heavy atom. The van der Waals surface area contributed by atoms with Crippen LogP contribution in [0.4, 0.5) is 16.0 Å². The lowest BCUT2D eigenvalue weighted by molar-refractivity contribution is 0.173. The van der Waals surface area contributed by atoms with Crippen LogP contribution in [0.15, 0.2) is 36.9 Å². The number of halogens is 1. The molecule has 0 unspecified atom stereocenters. The molecule has 4 aromatic heterocycles. The molecule has 1 fully saturated rings. The van der Waals surface area contributed by atoms with Crippen molar-refractivity contribution in [3.8, 4) is 34.1 Å². The van der Waals surface area contributed by atoms with E-state index in [1.54, 1.807) is 23.1 Å². The van der Waals surface area contributed by atoms with Crippen molar-refractivity contribution in [3.05, 3.63) is 42.6 Å². The smallest absolute Gasteiger partial charge is 0.222 e. The van der Waals surface area contributed by atoms with Gasteiger partial charge in [-0.15, -0.1) is 0 Å². The van der Waals surface area contributed by atoms with E-state index >= 15 is 0 Å². The number of rotatable bonds is 5. The number of hydrogen-bond acceptors (Lipinski definition) is 9. The number of anilines is 2. The van der Waals surface area contributed by atoms with Crippen LogP contribution >= 0.6 is 0 Å². The lowest BCUT2D eigenvalue weighted by atomic mass is 10.0. The zero-order valence-electron chi connectivity index (χ0n) is 23.8. The van der Waals surface area contributed by atoms with Gasteiger partial charge in [-0.3, -0.25) is 9.07 Å². The summed E-state index contributed by atoms with van der Waals surface area (Å²) in [6.07, 6.45) is 10.5. The van der Waals surface area contributed by atoms with Crippen molar-refractivity contribution in [2.75, 3.05) is 38.2 Å². The molecule has 0 amide bonds. The predicted molar refractivity (Wildman–Crippen MR) is 153 cm³/mol. The summed E-state index contributed by atoms with van der Waals surface area (Å²) in [5.74, 6) is 3.06. The van der Waals surface area contributed by atoms with Gasteiger partial charge in [-0.25, -0.2) is 19.6 Å². The number of piperidine rings is 1. The highest BCUT2D eigenvalue weighted by molar-refractivity contribution is 5.73. The summed E-state index contributed by atoms with van der Waals surface area (Å²) in [7, 11) is 1.84. The fourth-order valence-electron chi connectivity index (χ4n) is 5.47. The molecule has 11 nitrogen and oxygen atoms in total. The van der Waals surface area contributed by atoms with Crippen molar-refractivity contribution >= 4 is 11.6 Å². The monoisotopic (exact) mass is 561 g/mol. The molecular formula is C29H36FN9O2. The van der Waals surface area contributed by atoms with E-state index in [1.807, 2.05) is 33.2 Å². The second-order valence-electron chi connectivity index (χ2n) is 10.7. The van der Waals surface area contributed by atoms with Crippen molar-refractivity contribution in [1.82, 2.24) is 39.4 Å². The Balaban J connectivity index is 1.29. The minimum absolute atomic E-state index is 0.123. The number of fused-ring (bicyclic) bond motifs is 6.